The third kappa shape index (κ3) is 2.42. The summed E-state index contributed by atoms with van der Waals surface area (Å²) in [5, 5.41) is 18.8. The minimum atomic E-state index is -1.16. The summed E-state index contributed by atoms with van der Waals surface area (Å²) in [7, 11) is 0. The Balaban J connectivity index is 3.56. The lowest BCUT2D eigenvalue weighted by Crippen LogP contribution is -2.07. The van der Waals surface area contributed by atoms with E-state index in [2.05, 4.69) is 5.16 Å². The van der Waals surface area contributed by atoms with E-state index in [1.165, 1.54) is 6.92 Å². The number of aliphatic hydroxyl groups is 1. The second-order valence-electron chi connectivity index (χ2n) is 1.08. The van der Waals surface area contributed by atoms with Gasteiger partial charge in [0.1, 0.15) is 0 Å². The summed E-state index contributed by atoms with van der Waals surface area (Å²) in [4.78, 5) is 0. The first-order valence-electron chi connectivity index (χ1n) is 1.69. The van der Waals surface area contributed by atoms with Crippen LogP contribution in [0.3, 0.4) is 0 Å². The largest absolute Gasteiger partial charge is 0.411 e. The highest BCUT2D eigenvalue weighted by Gasteiger charge is 1.99. The Bertz CT molecular complexity index is 81.0. The van der Waals surface area contributed by atoms with E-state index in [1.807, 2.05) is 0 Å². The third-order valence-electron chi connectivity index (χ3n) is 0.502. The van der Waals surface area contributed by atoms with Gasteiger partial charge in [-0.2, -0.15) is 0 Å². The molecule has 0 aromatic rings. The summed E-state index contributed by atoms with van der Waals surface area (Å²) in [5.74, 6) is 0. The van der Waals surface area contributed by atoms with Crippen LogP contribution >= 0.6 is 11.6 Å². The van der Waals surface area contributed by atoms with E-state index in [1.54, 1.807) is 0 Å². The molecular formula is C3H6ClNO2. The first-order chi connectivity index (χ1) is 3.18. The molecule has 0 heterocycles. The molecule has 42 valence electrons. The molecule has 0 aliphatic rings. The smallest absolute Gasteiger partial charge is 0.169 e. The number of alkyl halides is 1. The van der Waals surface area contributed by atoms with Gasteiger partial charge in [0.15, 0.2) is 5.56 Å². The number of nitrogens with zero attached hydrogens (tertiary/aromatic N) is 1. The molecule has 0 radical (unpaired) electrons. The number of rotatable bonds is 1. The van der Waals surface area contributed by atoms with Gasteiger partial charge in [-0.25, -0.2) is 0 Å². The van der Waals surface area contributed by atoms with Gasteiger partial charge in [0, 0.05) is 0 Å². The molecule has 1 atom stereocenters. The van der Waals surface area contributed by atoms with Crippen LogP contribution in [0.1, 0.15) is 6.92 Å². The highest BCUT2D eigenvalue weighted by molar-refractivity contribution is 6.30. The van der Waals surface area contributed by atoms with Crippen LogP contribution in [0.5, 0.6) is 0 Å². The van der Waals surface area contributed by atoms with Crippen LogP contribution in [0.25, 0.3) is 0 Å². The van der Waals surface area contributed by atoms with Crippen LogP contribution < -0.4 is 0 Å². The fraction of sp³-hybridized carbons (Fsp3) is 0.667. The minimum absolute atomic E-state index is 0.0988. The molecule has 0 aromatic carbocycles. The van der Waals surface area contributed by atoms with Crippen LogP contribution in [0.4, 0.5) is 0 Å². The van der Waals surface area contributed by atoms with E-state index >= 15 is 0 Å². The number of oxime groups is 1. The van der Waals surface area contributed by atoms with E-state index in [0.717, 1.165) is 0 Å². The van der Waals surface area contributed by atoms with Crippen molar-refractivity contribution in [3.8, 4) is 0 Å². The van der Waals surface area contributed by atoms with E-state index in [-0.39, 0.29) is 5.71 Å². The van der Waals surface area contributed by atoms with Crippen molar-refractivity contribution in [2.24, 2.45) is 5.16 Å². The zero-order valence-corrected chi connectivity index (χ0v) is 4.55. The third-order valence-corrected chi connectivity index (χ3v) is 0.818. The van der Waals surface area contributed by atoms with Gasteiger partial charge in [0.25, 0.3) is 0 Å². The van der Waals surface area contributed by atoms with Crippen LogP contribution in [-0.4, -0.2) is 21.6 Å². The van der Waals surface area contributed by atoms with Crippen molar-refractivity contribution in [1.82, 2.24) is 0 Å². The van der Waals surface area contributed by atoms with Crippen LogP contribution in [0, 0.1) is 0 Å². The van der Waals surface area contributed by atoms with Crippen LogP contribution in [-0.2, 0) is 0 Å². The average molecular weight is 124 g/mol. The molecule has 0 spiro atoms. The lowest BCUT2D eigenvalue weighted by molar-refractivity contribution is 0.287. The molecule has 0 aliphatic heterocycles. The monoisotopic (exact) mass is 123 g/mol. The first-order valence-corrected chi connectivity index (χ1v) is 2.13. The van der Waals surface area contributed by atoms with Crippen LogP contribution in [0.2, 0.25) is 0 Å². The Morgan fingerprint density at radius 2 is 2.29 bits per heavy atom. The molecule has 0 aliphatic carbocycles. The van der Waals surface area contributed by atoms with Gasteiger partial charge in [-0.3, -0.25) is 0 Å². The quantitative estimate of drug-likeness (QED) is 0.229. The van der Waals surface area contributed by atoms with Gasteiger partial charge in [0.2, 0.25) is 0 Å². The maximum Gasteiger partial charge on any atom is 0.169 e. The molecule has 0 saturated heterocycles. The van der Waals surface area contributed by atoms with E-state index in [4.69, 9.17) is 21.9 Å². The molecule has 0 amide bonds. The summed E-state index contributed by atoms with van der Waals surface area (Å²) >= 11 is 4.99. The second-order valence-corrected chi connectivity index (χ2v) is 1.49. The van der Waals surface area contributed by atoms with Gasteiger partial charge < -0.3 is 10.3 Å². The maximum absolute atomic E-state index is 8.30. The molecule has 0 saturated carbocycles. The number of aliphatic hydroxyl groups excluding tert-OH is 1. The minimum Gasteiger partial charge on any atom is -0.411 e. The van der Waals surface area contributed by atoms with Crippen molar-refractivity contribution < 1.29 is 10.3 Å². The van der Waals surface area contributed by atoms with Crippen molar-refractivity contribution in [1.29, 1.82) is 0 Å². The van der Waals surface area contributed by atoms with Gasteiger partial charge >= 0.3 is 0 Å². The van der Waals surface area contributed by atoms with Gasteiger partial charge in [0.05, 0.1) is 5.71 Å². The van der Waals surface area contributed by atoms with Crippen molar-refractivity contribution in [3.05, 3.63) is 0 Å². The SMILES string of the molecule is CC(=NO)C(O)Cl. The average Bonchev–Trinajstić information content (AvgIpc) is 1.65. The summed E-state index contributed by atoms with van der Waals surface area (Å²) in [6, 6.07) is 0. The topological polar surface area (TPSA) is 52.8 Å². The Hall–Kier alpha value is -0.280. The van der Waals surface area contributed by atoms with Gasteiger partial charge in [-0.05, 0) is 6.92 Å². The molecule has 3 nitrogen and oxygen atoms in total. The van der Waals surface area contributed by atoms with Crippen molar-refractivity contribution in [3.63, 3.8) is 0 Å². The molecular weight excluding hydrogens is 117 g/mol. The van der Waals surface area contributed by atoms with E-state index < -0.39 is 5.56 Å². The number of halogens is 1. The maximum atomic E-state index is 8.30. The lowest BCUT2D eigenvalue weighted by Gasteiger charge is -1.93. The summed E-state index contributed by atoms with van der Waals surface area (Å²) in [6.07, 6.45) is 0. The zero-order valence-electron chi connectivity index (χ0n) is 3.80. The van der Waals surface area contributed by atoms with E-state index in [9.17, 15) is 0 Å². The first kappa shape index (κ1) is 6.72. The second kappa shape index (κ2) is 2.82. The van der Waals surface area contributed by atoms with Crippen molar-refractivity contribution in [2.45, 2.75) is 12.5 Å². The number of hydrogen-bond acceptors (Lipinski definition) is 3. The lowest BCUT2D eigenvalue weighted by atomic mass is 10.5. The zero-order chi connectivity index (χ0) is 5.86. The predicted octanol–water partition coefficient (Wildman–Crippen LogP) is 0.394. The van der Waals surface area contributed by atoms with E-state index in [0.29, 0.717) is 0 Å². The fourth-order valence-electron chi connectivity index (χ4n) is 0.0476. The Labute approximate surface area is 46.2 Å². The predicted molar refractivity (Wildman–Crippen MR) is 26.8 cm³/mol. The number of hydrogen-bond donors (Lipinski definition) is 2. The Morgan fingerprint density at radius 1 is 1.86 bits per heavy atom. The molecule has 0 fully saturated rings. The summed E-state index contributed by atoms with van der Waals surface area (Å²) in [5.41, 5.74) is -1.06. The molecule has 0 rings (SSSR count). The molecule has 0 aromatic heterocycles. The Morgan fingerprint density at radius 3 is 2.29 bits per heavy atom. The highest BCUT2D eigenvalue weighted by atomic mass is 35.5. The fourth-order valence-corrected chi connectivity index (χ4v) is 0.0913. The summed E-state index contributed by atoms with van der Waals surface area (Å²) in [6.45, 7) is 1.41. The van der Waals surface area contributed by atoms with Gasteiger partial charge in [-0.15, -0.1) is 0 Å². The highest BCUT2D eigenvalue weighted by Crippen LogP contribution is 1.90. The Kier molecular flexibility index (Phi) is 2.71. The molecule has 2 N–H and O–H groups in total. The van der Waals surface area contributed by atoms with Crippen molar-refractivity contribution in [2.75, 3.05) is 0 Å². The molecule has 4 heteroatoms. The van der Waals surface area contributed by atoms with Crippen LogP contribution in [0.15, 0.2) is 5.16 Å². The van der Waals surface area contributed by atoms with Crippen molar-refractivity contribution >= 4 is 17.3 Å². The van der Waals surface area contributed by atoms with Gasteiger partial charge in [-0.1, -0.05) is 16.8 Å². The molecule has 0 bridgehead atoms. The molecule has 7 heavy (non-hydrogen) atoms. The summed E-state index contributed by atoms with van der Waals surface area (Å²) < 4.78 is 0. The normalized spacial score (nSPS) is 16.7. The molecule has 1 unspecified atom stereocenters. The standard InChI is InChI=1S/C3H6ClNO2/c1-2(5-7)3(4)6/h3,6-7H,1H3.